The lowest BCUT2D eigenvalue weighted by Gasteiger charge is -2.24. The molecule has 0 spiro atoms. The highest BCUT2D eigenvalue weighted by atomic mass is 79.9. The van der Waals surface area contributed by atoms with E-state index in [0.29, 0.717) is 5.88 Å². The molecule has 0 bridgehead atoms. The molecule has 98 valence electrons. The maximum atomic E-state index is 5.78. The second-order valence-corrected chi connectivity index (χ2v) is 6.98. The molecule has 1 saturated heterocycles. The van der Waals surface area contributed by atoms with Crippen LogP contribution in [0.1, 0.15) is 23.8 Å². The van der Waals surface area contributed by atoms with E-state index in [2.05, 4.69) is 22.0 Å². The molecule has 3 heterocycles. The summed E-state index contributed by atoms with van der Waals surface area (Å²) in [6.07, 6.45) is 4.44. The molecule has 2 aliphatic rings. The summed E-state index contributed by atoms with van der Waals surface area (Å²) in [5, 5.41) is 1.92. The van der Waals surface area contributed by atoms with Gasteiger partial charge in [0.1, 0.15) is 6.04 Å². The molecular weight excluding hydrogens is 316 g/mol. The van der Waals surface area contributed by atoms with Gasteiger partial charge in [-0.05, 0) is 40.9 Å². The van der Waals surface area contributed by atoms with Crippen molar-refractivity contribution in [1.82, 2.24) is 5.06 Å². The number of halogens is 1. The second kappa shape index (κ2) is 5.21. The van der Waals surface area contributed by atoms with E-state index >= 15 is 0 Å². The van der Waals surface area contributed by atoms with Crippen LogP contribution in [0.3, 0.4) is 0 Å². The largest absolute Gasteiger partial charge is 0.388 e. The number of rotatable bonds is 3. The van der Waals surface area contributed by atoms with Gasteiger partial charge in [-0.1, -0.05) is 0 Å². The van der Waals surface area contributed by atoms with E-state index in [0.717, 1.165) is 29.8 Å². The van der Waals surface area contributed by atoms with Gasteiger partial charge < -0.3 is 15.3 Å². The van der Waals surface area contributed by atoms with E-state index in [1.165, 1.54) is 4.88 Å². The molecule has 18 heavy (non-hydrogen) atoms. The molecule has 2 aliphatic heterocycles. The van der Waals surface area contributed by atoms with E-state index in [-0.39, 0.29) is 12.1 Å². The van der Waals surface area contributed by atoms with Crippen LogP contribution in [-0.2, 0) is 9.57 Å². The Balaban J connectivity index is 1.73. The van der Waals surface area contributed by atoms with E-state index in [4.69, 9.17) is 15.3 Å². The van der Waals surface area contributed by atoms with Crippen molar-refractivity contribution in [2.45, 2.75) is 25.0 Å². The minimum absolute atomic E-state index is 0.102. The summed E-state index contributed by atoms with van der Waals surface area (Å²) in [7, 11) is 0. The summed E-state index contributed by atoms with van der Waals surface area (Å²) < 4.78 is 6.77. The number of thiophene rings is 1. The highest BCUT2D eigenvalue weighted by Crippen LogP contribution is 2.36. The molecule has 6 heteroatoms. The number of ether oxygens (including phenoxy) is 1. The van der Waals surface area contributed by atoms with Crippen LogP contribution in [0.25, 0.3) is 0 Å². The molecular formula is C12H15BrN2O2S. The lowest BCUT2D eigenvalue weighted by Crippen LogP contribution is -2.31. The van der Waals surface area contributed by atoms with Gasteiger partial charge in [-0.2, -0.15) is 0 Å². The number of hydrogen-bond donors (Lipinski definition) is 1. The molecule has 2 N–H and O–H groups in total. The van der Waals surface area contributed by atoms with E-state index in [1.807, 2.05) is 17.2 Å². The van der Waals surface area contributed by atoms with Crippen LogP contribution in [0.2, 0.25) is 0 Å². The predicted molar refractivity (Wildman–Crippen MR) is 73.8 cm³/mol. The van der Waals surface area contributed by atoms with Gasteiger partial charge in [0.25, 0.3) is 0 Å². The Morgan fingerprint density at radius 1 is 1.50 bits per heavy atom. The molecule has 0 saturated carbocycles. The zero-order valence-electron chi connectivity index (χ0n) is 9.84. The van der Waals surface area contributed by atoms with Crippen molar-refractivity contribution < 1.29 is 9.57 Å². The third-order valence-electron chi connectivity index (χ3n) is 3.15. The number of nitrogens with two attached hydrogens (primary N) is 1. The van der Waals surface area contributed by atoms with Crippen LogP contribution < -0.4 is 5.73 Å². The van der Waals surface area contributed by atoms with Gasteiger partial charge >= 0.3 is 0 Å². The topological polar surface area (TPSA) is 47.7 Å². The first-order valence-electron chi connectivity index (χ1n) is 6.01. The zero-order valence-corrected chi connectivity index (χ0v) is 12.2. The molecule has 1 aromatic heterocycles. The van der Waals surface area contributed by atoms with Crippen LogP contribution in [0.15, 0.2) is 27.9 Å². The number of hydroxylamine groups is 2. The van der Waals surface area contributed by atoms with Crippen molar-refractivity contribution in [2.24, 2.45) is 5.73 Å². The van der Waals surface area contributed by atoms with Crippen molar-refractivity contribution in [3.05, 3.63) is 32.8 Å². The molecule has 0 radical (unpaired) electrons. The fourth-order valence-corrected chi connectivity index (χ4v) is 3.81. The SMILES string of the molecule is NC1=CC(c2ccc(Br)s2)N(CC2CCCO2)O1. The van der Waals surface area contributed by atoms with Gasteiger partial charge in [-0.3, -0.25) is 0 Å². The average Bonchev–Trinajstić information content (AvgIpc) is 3.01. The fraction of sp³-hybridized carbons (Fsp3) is 0.500. The van der Waals surface area contributed by atoms with Crippen molar-refractivity contribution in [3.63, 3.8) is 0 Å². The van der Waals surface area contributed by atoms with Gasteiger partial charge in [0, 0.05) is 17.6 Å². The lowest BCUT2D eigenvalue weighted by molar-refractivity contribution is -0.139. The van der Waals surface area contributed by atoms with Crippen molar-refractivity contribution in [2.75, 3.05) is 13.2 Å². The molecule has 1 aromatic rings. The monoisotopic (exact) mass is 330 g/mol. The third kappa shape index (κ3) is 2.56. The Kier molecular flexibility index (Phi) is 3.61. The minimum Gasteiger partial charge on any atom is -0.388 e. The smallest absolute Gasteiger partial charge is 0.207 e. The summed E-state index contributed by atoms with van der Waals surface area (Å²) in [6, 6.07) is 4.25. The number of hydrogen-bond acceptors (Lipinski definition) is 5. The van der Waals surface area contributed by atoms with Crippen molar-refractivity contribution >= 4 is 27.3 Å². The van der Waals surface area contributed by atoms with E-state index < -0.39 is 0 Å². The van der Waals surface area contributed by atoms with Gasteiger partial charge in [0.15, 0.2) is 0 Å². The van der Waals surface area contributed by atoms with Crippen LogP contribution >= 0.6 is 27.3 Å². The minimum atomic E-state index is 0.102. The molecule has 2 unspecified atom stereocenters. The van der Waals surface area contributed by atoms with Gasteiger partial charge in [-0.25, -0.2) is 0 Å². The summed E-state index contributed by atoms with van der Waals surface area (Å²) in [6.45, 7) is 1.62. The summed E-state index contributed by atoms with van der Waals surface area (Å²) in [5.41, 5.74) is 5.78. The molecule has 4 nitrogen and oxygen atoms in total. The predicted octanol–water partition coefficient (Wildman–Crippen LogP) is 2.78. The third-order valence-corrected chi connectivity index (χ3v) is 4.84. The zero-order chi connectivity index (χ0) is 12.5. The fourth-order valence-electron chi connectivity index (χ4n) is 2.31. The Bertz CT molecular complexity index is 457. The lowest BCUT2D eigenvalue weighted by atomic mass is 10.2. The van der Waals surface area contributed by atoms with Gasteiger partial charge in [0.05, 0.1) is 16.4 Å². The first-order chi connectivity index (χ1) is 8.72. The maximum absolute atomic E-state index is 5.78. The summed E-state index contributed by atoms with van der Waals surface area (Å²) in [5.74, 6) is 0.475. The van der Waals surface area contributed by atoms with Crippen molar-refractivity contribution in [3.8, 4) is 0 Å². The molecule has 0 aromatic carbocycles. The van der Waals surface area contributed by atoms with E-state index in [9.17, 15) is 0 Å². The number of nitrogens with zero attached hydrogens (tertiary/aromatic N) is 1. The first kappa shape index (κ1) is 12.5. The summed E-state index contributed by atoms with van der Waals surface area (Å²) in [4.78, 5) is 6.81. The Morgan fingerprint density at radius 2 is 2.39 bits per heavy atom. The van der Waals surface area contributed by atoms with Gasteiger partial charge in [-0.15, -0.1) is 16.4 Å². The van der Waals surface area contributed by atoms with E-state index in [1.54, 1.807) is 11.3 Å². The Labute approximate surface area is 118 Å². The van der Waals surface area contributed by atoms with Gasteiger partial charge in [0.2, 0.25) is 5.88 Å². The normalized spacial score (nSPS) is 28.4. The second-order valence-electron chi connectivity index (χ2n) is 4.48. The first-order valence-corrected chi connectivity index (χ1v) is 7.62. The van der Waals surface area contributed by atoms with Crippen LogP contribution in [0.4, 0.5) is 0 Å². The average molecular weight is 331 g/mol. The maximum Gasteiger partial charge on any atom is 0.207 e. The Hall–Kier alpha value is -0.560. The molecule has 1 fully saturated rings. The van der Waals surface area contributed by atoms with Crippen LogP contribution in [0, 0.1) is 0 Å². The molecule has 3 rings (SSSR count). The Morgan fingerprint density at radius 3 is 3.06 bits per heavy atom. The molecule has 0 aliphatic carbocycles. The highest BCUT2D eigenvalue weighted by Gasteiger charge is 2.31. The standard InChI is InChI=1S/C12H15BrN2O2S/c13-11-4-3-10(18-11)9-6-12(14)17-15(9)7-8-2-1-5-16-8/h3-4,6,8-9H,1-2,5,7,14H2. The summed E-state index contributed by atoms with van der Waals surface area (Å²) >= 11 is 5.19. The quantitative estimate of drug-likeness (QED) is 0.925. The molecule has 0 amide bonds. The van der Waals surface area contributed by atoms with Crippen LogP contribution in [0.5, 0.6) is 0 Å². The highest BCUT2D eigenvalue weighted by molar-refractivity contribution is 9.11. The molecule has 2 atom stereocenters. The van der Waals surface area contributed by atoms with Crippen LogP contribution in [-0.4, -0.2) is 24.3 Å². The van der Waals surface area contributed by atoms with Crippen molar-refractivity contribution in [1.29, 1.82) is 0 Å².